The molecule has 2 N–H and O–H groups in total. The maximum atomic E-state index is 12.2. The van der Waals surface area contributed by atoms with Crippen LogP contribution in [0.25, 0.3) is 0 Å². The van der Waals surface area contributed by atoms with Crippen molar-refractivity contribution in [3.05, 3.63) is 23.8 Å². The van der Waals surface area contributed by atoms with E-state index in [1.807, 2.05) is 13.8 Å². The van der Waals surface area contributed by atoms with Crippen molar-refractivity contribution in [2.45, 2.75) is 40.5 Å². The first-order valence-corrected chi connectivity index (χ1v) is 8.92. The molecule has 6 heteroatoms. The summed E-state index contributed by atoms with van der Waals surface area (Å²) in [6.07, 6.45) is 2.01. The Hall–Kier alpha value is -2.24. The largest absolute Gasteiger partial charge is 0.490 e. The van der Waals surface area contributed by atoms with Gasteiger partial charge in [0.1, 0.15) is 0 Å². The highest BCUT2D eigenvalue weighted by Crippen LogP contribution is 2.28. The summed E-state index contributed by atoms with van der Waals surface area (Å²) >= 11 is 0. The van der Waals surface area contributed by atoms with Crippen molar-refractivity contribution in [1.82, 2.24) is 10.6 Å². The lowest BCUT2D eigenvalue weighted by atomic mass is 10.1. The Morgan fingerprint density at radius 1 is 1.04 bits per heavy atom. The first-order valence-electron chi connectivity index (χ1n) is 8.92. The molecule has 0 saturated carbocycles. The highest BCUT2D eigenvalue weighted by atomic mass is 16.5. The van der Waals surface area contributed by atoms with Crippen LogP contribution in [0.5, 0.6) is 11.5 Å². The standard InChI is InChI=1S/C19H30N2O4/c1-5-24-16-10-9-15(12-17(16)25-6-2)19(23)21-13-18(22)20-11-7-8-14(3)4/h9-10,12,14H,5-8,11,13H2,1-4H3,(H,20,22)(H,21,23). The van der Waals surface area contributed by atoms with E-state index in [0.29, 0.717) is 42.7 Å². The smallest absolute Gasteiger partial charge is 0.251 e. The maximum absolute atomic E-state index is 12.2. The summed E-state index contributed by atoms with van der Waals surface area (Å²) in [5, 5.41) is 5.43. The predicted molar refractivity (Wildman–Crippen MR) is 98.2 cm³/mol. The minimum Gasteiger partial charge on any atom is -0.490 e. The molecule has 2 amide bonds. The normalized spacial score (nSPS) is 10.4. The third-order valence-corrected chi connectivity index (χ3v) is 3.50. The molecular formula is C19H30N2O4. The Bertz CT molecular complexity index is 558. The number of rotatable bonds is 11. The lowest BCUT2D eigenvalue weighted by molar-refractivity contribution is -0.120. The van der Waals surface area contributed by atoms with E-state index in [0.717, 1.165) is 12.8 Å². The van der Waals surface area contributed by atoms with Crippen LogP contribution in [0.1, 0.15) is 50.9 Å². The fourth-order valence-electron chi connectivity index (χ4n) is 2.26. The molecule has 0 heterocycles. The molecule has 0 aliphatic carbocycles. The SMILES string of the molecule is CCOc1ccc(C(=O)NCC(=O)NCCCC(C)C)cc1OCC. The number of ether oxygens (including phenoxy) is 2. The van der Waals surface area contributed by atoms with Crippen LogP contribution in [0.4, 0.5) is 0 Å². The topological polar surface area (TPSA) is 76.7 Å². The van der Waals surface area contributed by atoms with Crippen molar-refractivity contribution < 1.29 is 19.1 Å². The van der Waals surface area contributed by atoms with Crippen LogP contribution in [0.3, 0.4) is 0 Å². The van der Waals surface area contributed by atoms with Crippen LogP contribution >= 0.6 is 0 Å². The molecule has 0 aliphatic rings. The average molecular weight is 350 g/mol. The first kappa shape index (κ1) is 20.8. The van der Waals surface area contributed by atoms with Gasteiger partial charge in [0.25, 0.3) is 5.91 Å². The zero-order valence-corrected chi connectivity index (χ0v) is 15.7. The second-order valence-corrected chi connectivity index (χ2v) is 6.10. The summed E-state index contributed by atoms with van der Waals surface area (Å²) < 4.78 is 11.0. The van der Waals surface area contributed by atoms with Crippen molar-refractivity contribution in [2.24, 2.45) is 5.92 Å². The fraction of sp³-hybridized carbons (Fsp3) is 0.579. The minimum atomic E-state index is -0.318. The molecule has 0 saturated heterocycles. The van der Waals surface area contributed by atoms with Gasteiger partial charge in [0, 0.05) is 12.1 Å². The lowest BCUT2D eigenvalue weighted by Gasteiger charge is -2.12. The van der Waals surface area contributed by atoms with Crippen molar-refractivity contribution in [3.8, 4) is 11.5 Å². The zero-order chi connectivity index (χ0) is 18.7. The van der Waals surface area contributed by atoms with E-state index in [9.17, 15) is 9.59 Å². The van der Waals surface area contributed by atoms with E-state index >= 15 is 0 Å². The second-order valence-electron chi connectivity index (χ2n) is 6.10. The van der Waals surface area contributed by atoms with Gasteiger partial charge in [0.05, 0.1) is 19.8 Å². The summed E-state index contributed by atoms with van der Waals surface area (Å²) in [5.41, 5.74) is 0.430. The van der Waals surface area contributed by atoms with Crippen LogP contribution in [0.15, 0.2) is 18.2 Å². The molecule has 0 aliphatic heterocycles. The van der Waals surface area contributed by atoms with Crippen molar-refractivity contribution in [2.75, 3.05) is 26.3 Å². The molecule has 0 aromatic heterocycles. The van der Waals surface area contributed by atoms with Gasteiger partial charge in [0.2, 0.25) is 5.91 Å². The van der Waals surface area contributed by atoms with E-state index in [1.165, 1.54) is 0 Å². The van der Waals surface area contributed by atoms with Crippen LogP contribution in [0, 0.1) is 5.92 Å². The van der Waals surface area contributed by atoms with Crippen LogP contribution in [-0.4, -0.2) is 38.1 Å². The van der Waals surface area contributed by atoms with Crippen LogP contribution in [-0.2, 0) is 4.79 Å². The van der Waals surface area contributed by atoms with Gasteiger partial charge >= 0.3 is 0 Å². The van der Waals surface area contributed by atoms with E-state index < -0.39 is 0 Å². The van der Waals surface area contributed by atoms with Crippen molar-refractivity contribution in [3.63, 3.8) is 0 Å². The van der Waals surface area contributed by atoms with E-state index in [-0.39, 0.29) is 18.4 Å². The molecule has 6 nitrogen and oxygen atoms in total. The molecule has 25 heavy (non-hydrogen) atoms. The van der Waals surface area contributed by atoms with Crippen molar-refractivity contribution in [1.29, 1.82) is 0 Å². The molecule has 1 aromatic carbocycles. The molecule has 0 radical (unpaired) electrons. The number of hydrogen-bond donors (Lipinski definition) is 2. The van der Waals surface area contributed by atoms with Gasteiger partial charge in [-0.15, -0.1) is 0 Å². The summed E-state index contributed by atoms with van der Waals surface area (Å²) in [6.45, 7) is 9.63. The zero-order valence-electron chi connectivity index (χ0n) is 15.7. The summed E-state index contributed by atoms with van der Waals surface area (Å²) in [7, 11) is 0. The molecule has 0 spiro atoms. The molecule has 0 atom stereocenters. The van der Waals surface area contributed by atoms with Crippen molar-refractivity contribution >= 4 is 11.8 Å². The predicted octanol–water partition coefficient (Wildman–Crippen LogP) is 2.77. The quantitative estimate of drug-likeness (QED) is 0.602. The van der Waals surface area contributed by atoms with Gasteiger partial charge in [-0.1, -0.05) is 13.8 Å². The number of hydrogen-bond acceptors (Lipinski definition) is 4. The van der Waals surface area contributed by atoms with E-state index in [4.69, 9.17) is 9.47 Å². The second kappa shape index (κ2) is 11.3. The van der Waals surface area contributed by atoms with Gasteiger partial charge < -0.3 is 20.1 Å². The van der Waals surface area contributed by atoms with Crippen LogP contribution < -0.4 is 20.1 Å². The molecule has 140 valence electrons. The Morgan fingerprint density at radius 3 is 2.36 bits per heavy atom. The molecule has 1 aromatic rings. The molecular weight excluding hydrogens is 320 g/mol. The molecule has 0 fully saturated rings. The molecule has 0 bridgehead atoms. The number of benzene rings is 1. The number of nitrogens with one attached hydrogen (secondary N) is 2. The van der Waals surface area contributed by atoms with Gasteiger partial charge in [-0.2, -0.15) is 0 Å². The Labute approximate surface area is 150 Å². The third-order valence-electron chi connectivity index (χ3n) is 3.50. The third kappa shape index (κ3) is 7.92. The van der Waals surface area contributed by atoms with Gasteiger partial charge in [-0.05, 0) is 50.8 Å². The summed E-state index contributed by atoms with van der Waals surface area (Å²) in [5.74, 6) is 1.24. The number of amides is 2. The Balaban J connectivity index is 2.51. The first-order chi connectivity index (χ1) is 12.0. The molecule has 1 rings (SSSR count). The van der Waals surface area contributed by atoms with Crippen LogP contribution in [0.2, 0.25) is 0 Å². The van der Waals surface area contributed by atoms with E-state index in [1.54, 1.807) is 18.2 Å². The minimum absolute atomic E-state index is 0.0440. The summed E-state index contributed by atoms with van der Waals surface area (Å²) in [4.78, 5) is 24.0. The summed E-state index contributed by atoms with van der Waals surface area (Å²) in [6, 6.07) is 4.99. The maximum Gasteiger partial charge on any atom is 0.251 e. The lowest BCUT2D eigenvalue weighted by Crippen LogP contribution is -2.37. The van der Waals surface area contributed by atoms with Gasteiger partial charge in [0.15, 0.2) is 11.5 Å². The number of carbonyl (C=O) groups excluding carboxylic acids is 2. The van der Waals surface area contributed by atoms with Gasteiger partial charge in [-0.3, -0.25) is 9.59 Å². The highest BCUT2D eigenvalue weighted by molar-refractivity contribution is 5.97. The highest BCUT2D eigenvalue weighted by Gasteiger charge is 2.12. The Kier molecular flexibility index (Phi) is 9.43. The monoisotopic (exact) mass is 350 g/mol. The average Bonchev–Trinajstić information content (AvgIpc) is 2.58. The number of carbonyl (C=O) groups is 2. The molecule has 0 unspecified atom stereocenters. The van der Waals surface area contributed by atoms with E-state index in [2.05, 4.69) is 24.5 Å². The fourth-order valence-corrected chi connectivity index (χ4v) is 2.26. The Morgan fingerprint density at radius 2 is 1.72 bits per heavy atom. The van der Waals surface area contributed by atoms with Gasteiger partial charge in [-0.25, -0.2) is 0 Å².